The fourth-order valence-corrected chi connectivity index (χ4v) is 1.55. The van der Waals surface area contributed by atoms with E-state index in [-0.39, 0.29) is 42.5 Å². The van der Waals surface area contributed by atoms with E-state index in [4.69, 9.17) is 14.9 Å². The van der Waals surface area contributed by atoms with Crippen molar-refractivity contribution in [1.82, 2.24) is 0 Å². The van der Waals surface area contributed by atoms with E-state index in [1.165, 1.54) is 12.3 Å². The molecule has 1 heterocycles. The third kappa shape index (κ3) is 4.09. The molecule has 6 heteroatoms. The largest absolute Gasteiger partial charge is 0.482 e. The van der Waals surface area contributed by atoms with Crippen molar-refractivity contribution in [2.75, 3.05) is 6.54 Å². The van der Waals surface area contributed by atoms with Gasteiger partial charge in [0.05, 0.1) is 0 Å². The van der Waals surface area contributed by atoms with Gasteiger partial charge in [-0.05, 0) is 5.56 Å². The molecule has 0 aliphatic rings. The number of aliphatic hydroxyl groups excluding tert-OH is 1. The number of hydrogen-bond donors (Lipinski definition) is 2. The molecular formula is C14H16ClNO4. The molecule has 0 aliphatic carbocycles. The fourth-order valence-electron chi connectivity index (χ4n) is 1.55. The monoisotopic (exact) mass is 297 g/mol. The summed E-state index contributed by atoms with van der Waals surface area (Å²) >= 11 is 0. The van der Waals surface area contributed by atoms with Gasteiger partial charge in [-0.25, -0.2) is 0 Å². The SMILES string of the molecule is Cl.NCC(O)c1cc(=O)c(OCc2ccccc2)co1. The van der Waals surface area contributed by atoms with Gasteiger partial charge < -0.3 is 20.0 Å². The van der Waals surface area contributed by atoms with Crippen LogP contribution in [-0.4, -0.2) is 11.7 Å². The topological polar surface area (TPSA) is 85.7 Å². The summed E-state index contributed by atoms with van der Waals surface area (Å²) in [6.07, 6.45) is 0.218. The average molecular weight is 298 g/mol. The molecule has 1 aromatic heterocycles. The molecule has 0 saturated carbocycles. The van der Waals surface area contributed by atoms with Crippen LogP contribution >= 0.6 is 12.4 Å². The lowest BCUT2D eigenvalue weighted by Gasteiger charge is -2.08. The van der Waals surface area contributed by atoms with Gasteiger partial charge in [0.25, 0.3) is 0 Å². The third-order valence-corrected chi connectivity index (χ3v) is 2.61. The molecule has 1 atom stereocenters. The predicted molar refractivity (Wildman–Crippen MR) is 77.0 cm³/mol. The molecule has 0 bridgehead atoms. The Labute approximate surface area is 122 Å². The minimum atomic E-state index is -0.976. The molecule has 3 N–H and O–H groups in total. The second-order valence-corrected chi connectivity index (χ2v) is 4.04. The van der Waals surface area contributed by atoms with Crippen molar-refractivity contribution in [2.45, 2.75) is 12.7 Å². The van der Waals surface area contributed by atoms with Crippen LogP contribution < -0.4 is 15.9 Å². The summed E-state index contributed by atoms with van der Waals surface area (Å²) in [5, 5.41) is 9.45. The zero-order valence-corrected chi connectivity index (χ0v) is 11.5. The lowest BCUT2D eigenvalue weighted by atomic mass is 10.2. The molecule has 0 radical (unpaired) electrons. The Morgan fingerprint density at radius 3 is 2.60 bits per heavy atom. The van der Waals surface area contributed by atoms with Gasteiger partial charge in [0.2, 0.25) is 11.2 Å². The average Bonchev–Trinajstić information content (AvgIpc) is 2.46. The molecule has 0 aliphatic heterocycles. The van der Waals surface area contributed by atoms with E-state index in [0.29, 0.717) is 0 Å². The smallest absolute Gasteiger partial charge is 0.227 e. The third-order valence-electron chi connectivity index (χ3n) is 2.61. The highest BCUT2D eigenvalue weighted by Gasteiger charge is 2.11. The molecule has 5 nitrogen and oxygen atoms in total. The van der Waals surface area contributed by atoms with E-state index in [9.17, 15) is 9.90 Å². The van der Waals surface area contributed by atoms with E-state index in [1.807, 2.05) is 30.3 Å². The number of aliphatic hydroxyl groups is 1. The molecule has 2 rings (SSSR count). The number of rotatable bonds is 5. The molecule has 20 heavy (non-hydrogen) atoms. The van der Waals surface area contributed by atoms with Crippen LogP contribution in [0.2, 0.25) is 0 Å². The van der Waals surface area contributed by atoms with Crippen molar-refractivity contribution in [3.8, 4) is 5.75 Å². The zero-order valence-electron chi connectivity index (χ0n) is 10.7. The van der Waals surface area contributed by atoms with Crippen molar-refractivity contribution >= 4 is 12.4 Å². The maximum absolute atomic E-state index is 11.7. The first kappa shape index (κ1) is 16.2. The van der Waals surface area contributed by atoms with Crippen molar-refractivity contribution in [3.63, 3.8) is 0 Å². The number of ether oxygens (including phenoxy) is 1. The highest BCUT2D eigenvalue weighted by molar-refractivity contribution is 5.85. The fraction of sp³-hybridized carbons (Fsp3) is 0.214. The van der Waals surface area contributed by atoms with Crippen LogP contribution in [0.25, 0.3) is 0 Å². The Balaban J connectivity index is 0.00000200. The van der Waals surface area contributed by atoms with Crippen LogP contribution in [0.3, 0.4) is 0 Å². The van der Waals surface area contributed by atoms with Crippen LogP contribution in [0, 0.1) is 0 Å². The summed E-state index contributed by atoms with van der Waals surface area (Å²) < 4.78 is 10.5. The van der Waals surface area contributed by atoms with E-state index in [0.717, 1.165) is 5.56 Å². The van der Waals surface area contributed by atoms with E-state index in [2.05, 4.69) is 0 Å². The molecule has 1 aromatic carbocycles. The molecule has 0 fully saturated rings. The quantitative estimate of drug-likeness (QED) is 0.876. The summed E-state index contributed by atoms with van der Waals surface area (Å²) in [7, 11) is 0. The maximum Gasteiger partial charge on any atom is 0.227 e. The minimum absolute atomic E-state index is 0. The highest BCUT2D eigenvalue weighted by Crippen LogP contribution is 2.13. The molecule has 2 aromatic rings. The highest BCUT2D eigenvalue weighted by atomic mass is 35.5. The Morgan fingerprint density at radius 2 is 2.00 bits per heavy atom. The number of halogens is 1. The summed E-state index contributed by atoms with van der Waals surface area (Å²) in [6, 6.07) is 10.7. The first-order valence-corrected chi connectivity index (χ1v) is 5.88. The summed E-state index contributed by atoms with van der Waals surface area (Å²) in [6.45, 7) is 0.275. The van der Waals surface area contributed by atoms with Crippen LogP contribution in [0.1, 0.15) is 17.4 Å². The van der Waals surface area contributed by atoms with Crippen molar-refractivity contribution in [3.05, 3.63) is 64.2 Å². The second kappa shape index (κ2) is 7.69. The lowest BCUT2D eigenvalue weighted by molar-refractivity contribution is 0.153. The zero-order chi connectivity index (χ0) is 13.7. The molecular weight excluding hydrogens is 282 g/mol. The van der Waals surface area contributed by atoms with Crippen LogP contribution in [0.15, 0.2) is 51.9 Å². The summed E-state index contributed by atoms with van der Waals surface area (Å²) in [4.78, 5) is 11.7. The standard InChI is InChI=1S/C14H15NO4.ClH/c15-7-12(17)13-6-11(16)14(9-19-13)18-8-10-4-2-1-3-5-10;/h1-6,9,12,17H,7-8,15H2;1H. The van der Waals surface area contributed by atoms with Crippen LogP contribution in [-0.2, 0) is 6.61 Å². The van der Waals surface area contributed by atoms with Crippen LogP contribution in [0.5, 0.6) is 5.75 Å². The summed E-state index contributed by atoms with van der Waals surface area (Å²) in [5.74, 6) is 0.247. The van der Waals surface area contributed by atoms with Gasteiger partial charge in [-0.15, -0.1) is 12.4 Å². The van der Waals surface area contributed by atoms with E-state index < -0.39 is 6.10 Å². The van der Waals surface area contributed by atoms with Crippen molar-refractivity contribution < 1.29 is 14.3 Å². The first-order chi connectivity index (χ1) is 9.20. The van der Waals surface area contributed by atoms with E-state index >= 15 is 0 Å². The number of benzene rings is 1. The van der Waals surface area contributed by atoms with Gasteiger partial charge in [-0.1, -0.05) is 30.3 Å². The molecule has 0 spiro atoms. The van der Waals surface area contributed by atoms with Gasteiger partial charge in [-0.2, -0.15) is 0 Å². The molecule has 108 valence electrons. The van der Waals surface area contributed by atoms with Gasteiger partial charge in [-0.3, -0.25) is 4.79 Å². The molecule has 0 amide bonds. The Kier molecular flexibility index (Phi) is 6.24. The predicted octanol–water partition coefficient (Wildman–Crippen LogP) is 1.63. The Morgan fingerprint density at radius 1 is 1.30 bits per heavy atom. The van der Waals surface area contributed by atoms with Crippen molar-refractivity contribution in [2.24, 2.45) is 5.73 Å². The van der Waals surface area contributed by atoms with Crippen molar-refractivity contribution in [1.29, 1.82) is 0 Å². The van der Waals surface area contributed by atoms with Gasteiger partial charge in [0.1, 0.15) is 24.7 Å². The molecule has 0 saturated heterocycles. The maximum atomic E-state index is 11.7. The van der Waals surface area contributed by atoms with Crippen LogP contribution in [0.4, 0.5) is 0 Å². The second-order valence-electron chi connectivity index (χ2n) is 4.04. The summed E-state index contributed by atoms with van der Waals surface area (Å²) in [5.41, 5.74) is 5.89. The Bertz CT molecular complexity index is 585. The minimum Gasteiger partial charge on any atom is -0.482 e. The number of nitrogens with two attached hydrogens (primary N) is 1. The Hall–Kier alpha value is -1.82. The van der Waals surface area contributed by atoms with Gasteiger partial charge in [0.15, 0.2) is 0 Å². The lowest BCUT2D eigenvalue weighted by Crippen LogP contribution is -2.15. The van der Waals surface area contributed by atoms with Gasteiger partial charge in [0, 0.05) is 12.6 Å². The van der Waals surface area contributed by atoms with Gasteiger partial charge >= 0.3 is 0 Å². The van der Waals surface area contributed by atoms with E-state index in [1.54, 1.807) is 0 Å². The first-order valence-electron chi connectivity index (χ1n) is 5.88. The number of hydrogen-bond acceptors (Lipinski definition) is 5. The molecule has 1 unspecified atom stereocenters. The normalized spacial score (nSPS) is 11.5.